The molecule has 2 amide bonds. The molecule has 0 aliphatic carbocycles. The van der Waals surface area contributed by atoms with Gasteiger partial charge in [-0.3, -0.25) is 14.5 Å². The second-order valence-corrected chi connectivity index (χ2v) is 10.6. The number of β-lactam (4-membered cyclic amide) rings is 1. The standard InChI is InChI=1S/C21H20N10O6S2/c22-11-5-29(12-2-1-3-24-31(11)12)4-9-8-38-19-14(18(33)30(19)15(9)20(34)35)25-17(32)13(16-26-21(23)39-28-16)27-37-10-6-36-7-10/h1-3,5,10,14,19H,4,6-8H2,(H5-,22,23,24,25,26,28,32,34,35)/p+1/b27-13-/t14-,19-/m1/s1. The van der Waals surface area contributed by atoms with Gasteiger partial charge in [-0.05, 0) is 6.07 Å². The first-order valence-electron chi connectivity index (χ1n) is 11.6. The van der Waals surface area contributed by atoms with Crippen LogP contribution in [0.25, 0.3) is 5.65 Å². The summed E-state index contributed by atoms with van der Waals surface area (Å²) in [5.41, 5.74) is 12.5. The Morgan fingerprint density at radius 3 is 2.87 bits per heavy atom. The maximum Gasteiger partial charge on any atom is 0.352 e. The topological polar surface area (TPSA) is 217 Å². The molecule has 0 aromatic carbocycles. The van der Waals surface area contributed by atoms with E-state index in [9.17, 15) is 19.5 Å². The Kier molecular flexibility index (Phi) is 6.28. The molecule has 3 aliphatic heterocycles. The monoisotopic (exact) mass is 573 g/mol. The quantitative estimate of drug-likeness (QED) is 0.102. The van der Waals surface area contributed by atoms with Gasteiger partial charge in [-0.25, -0.2) is 9.36 Å². The largest absolute Gasteiger partial charge is 0.477 e. The number of oxime groups is 1. The molecule has 0 unspecified atom stereocenters. The summed E-state index contributed by atoms with van der Waals surface area (Å²) < 4.78 is 12.4. The van der Waals surface area contributed by atoms with E-state index in [0.717, 1.165) is 11.5 Å². The van der Waals surface area contributed by atoms with Gasteiger partial charge in [-0.2, -0.15) is 9.36 Å². The van der Waals surface area contributed by atoms with Crippen molar-refractivity contribution in [1.82, 2.24) is 29.2 Å². The number of fused-ring (bicyclic) bond motifs is 2. The number of nitrogens with two attached hydrogens (primary N) is 2. The number of hydrogen-bond acceptors (Lipinski definition) is 13. The van der Waals surface area contributed by atoms with Crippen molar-refractivity contribution >= 4 is 63.4 Å². The van der Waals surface area contributed by atoms with Crippen molar-refractivity contribution in [2.24, 2.45) is 5.16 Å². The van der Waals surface area contributed by atoms with Crippen LogP contribution in [0.3, 0.4) is 0 Å². The van der Waals surface area contributed by atoms with E-state index in [4.69, 9.17) is 21.0 Å². The zero-order valence-corrected chi connectivity index (χ0v) is 21.6. The molecule has 6 rings (SSSR count). The lowest BCUT2D eigenvalue weighted by Crippen LogP contribution is -2.71. The normalized spacial score (nSPS) is 21.4. The first kappa shape index (κ1) is 25.0. The number of amides is 2. The third kappa shape index (κ3) is 4.41. The number of thioether (sulfide) groups is 1. The number of nitrogens with zero attached hydrogens (tertiary/aromatic N) is 7. The number of aromatic nitrogens is 5. The summed E-state index contributed by atoms with van der Waals surface area (Å²) in [7, 11) is 0. The number of carboxylic acid groups (broad SMARTS) is 1. The van der Waals surface area contributed by atoms with E-state index < -0.39 is 29.2 Å². The first-order chi connectivity index (χ1) is 18.8. The predicted molar refractivity (Wildman–Crippen MR) is 136 cm³/mol. The number of carbonyl (C=O) groups excluding carboxylic acids is 2. The van der Waals surface area contributed by atoms with Gasteiger partial charge in [0, 0.05) is 28.9 Å². The van der Waals surface area contributed by atoms with Crippen LogP contribution in [-0.2, 0) is 30.5 Å². The summed E-state index contributed by atoms with van der Waals surface area (Å²) in [6.45, 7) is 0.838. The van der Waals surface area contributed by atoms with Crippen LogP contribution in [0.1, 0.15) is 5.82 Å². The fourth-order valence-corrected chi connectivity index (χ4v) is 6.09. The number of ether oxygens (including phenoxy) is 1. The minimum Gasteiger partial charge on any atom is -0.477 e. The van der Waals surface area contributed by atoms with Crippen LogP contribution >= 0.6 is 23.3 Å². The maximum absolute atomic E-state index is 13.2. The fraction of sp³-hybridized carbons (Fsp3) is 0.333. The molecule has 3 aliphatic rings. The van der Waals surface area contributed by atoms with Crippen molar-refractivity contribution in [3.8, 4) is 0 Å². The van der Waals surface area contributed by atoms with Gasteiger partial charge in [0.25, 0.3) is 17.6 Å². The Bertz CT molecular complexity index is 1560. The number of carboxylic acids is 1. The van der Waals surface area contributed by atoms with Crippen molar-refractivity contribution in [2.45, 2.75) is 24.1 Å². The van der Waals surface area contributed by atoms with Crippen LogP contribution in [-0.4, -0.2) is 89.0 Å². The van der Waals surface area contributed by atoms with Gasteiger partial charge in [0.05, 0.1) is 19.4 Å². The summed E-state index contributed by atoms with van der Waals surface area (Å²) in [5.74, 6) is -1.92. The molecule has 0 radical (unpaired) electrons. The van der Waals surface area contributed by atoms with Crippen molar-refractivity contribution in [3.63, 3.8) is 0 Å². The second kappa shape index (κ2) is 9.79. The van der Waals surface area contributed by atoms with E-state index in [1.165, 1.54) is 21.2 Å². The molecular weight excluding hydrogens is 552 g/mol. The highest BCUT2D eigenvalue weighted by Gasteiger charge is 2.54. The number of carbonyl (C=O) groups is 3. The molecule has 3 aromatic heterocycles. The average Bonchev–Trinajstić information content (AvgIpc) is 3.46. The molecule has 2 atom stereocenters. The third-order valence-corrected chi connectivity index (χ3v) is 8.11. The van der Waals surface area contributed by atoms with Gasteiger partial charge in [-0.15, -0.1) is 11.8 Å². The Morgan fingerprint density at radius 1 is 1.36 bits per heavy atom. The summed E-state index contributed by atoms with van der Waals surface area (Å²) in [4.78, 5) is 49.1. The number of rotatable bonds is 8. The summed E-state index contributed by atoms with van der Waals surface area (Å²) in [5, 5.41) is 20.2. The molecule has 6 N–H and O–H groups in total. The zero-order chi connectivity index (χ0) is 27.3. The fourth-order valence-electron chi connectivity index (χ4n) is 4.32. The summed E-state index contributed by atoms with van der Waals surface area (Å²) >= 11 is 2.21. The molecule has 2 saturated heterocycles. The van der Waals surface area contributed by atoms with Crippen LogP contribution < -0.4 is 21.4 Å². The number of anilines is 2. The maximum atomic E-state index is 13.2. The van der Waals surface area contributed by atoms with Gasteiger partial charge in [0.1, 0.15) is 23.7 Å². The lowest BCUT2D eigenvalue weighted by atomic mass is 10.0. The Hall–Kier alpha value is -4.29. The highest BCUT2D eigenvalue weighted by molar-refractivity contribution is 8.00. The average molecular weight is 574 g/mol. The van der Waals surface area contributed by atoms with E-state index in [-0.39, 0.29) is 35.0 Å². The van der Waals surface area contributed by atoms with E-state index in [2.05, 4.69) is 24.9 Å². The molecule has 0 saturated carbocycles. The van der Waals surface area contributed by atoms with E-state index >= 15 is 0 Å². The lowest BCUT2D eigenvalue weighted by molar-refractivity contribution is -0.662. The number of nitrogen functional groups attached to an aromatic ring is 2. The molecule has 18 heteroatoms. The number of aliphatic carboxylic acids is 1. The van der Waals surface area contributed by atoms with Crippen molar-refractivity contribution in [2.75, 3.05) is 30.4 Å². The third-order valence-electron chi connectivity index (χ3n) is 6.22. The second-order valence-electron chi connectivity index (χ2n) is 8.75. The van der Waals surface area contributed by atoms with Gasteiger partial charge in [0.2, 0.25) is 11.5 Å². The van der Waals surface area contributed by atoms with Crippen molar-refractivity contribution < 1.29 is 33.6 Å². The van der Waals surface area contributed by atoms with E-state index in [0.29, 0.717) is 36.0 Å². The SMILES string of the molecule is Nc1nc(/C(=N/OC2COC2)C(=O)N[C@@H]2C(=O)N3C(C(=O)O)=C(C[n+]4cc(N)n5ncccc54)CS[C@H]23)ns1. The van der Waals surface area contributed by atoms with Crippen molar-refractivity contribution in [3.05, 3.63) is 41.6 Å². The highest BCUT2D eigenvalue weighted by Crippen LogP contribution is 2.40. The number of nitrogens with one attached hydrogen (secondary N) is 1. The predicted octanol–water partition coefficient (Wildman–Crippen LogP) is -1.80. The van der Waals surface area contributed by atoms with Crippen LogP contribution in [0.5, 0.6) is 0 Å². The van der Waals surface area contributed by atoms with Gasteiger partial charge < -0.3 is 31.5 Å². The number of hydrogen-bond donors (Lipinski definition) is 4. The van der Waals surface area contributed by atoms with Crippen LogP contribution in [0.2, 0.25) is 0 Å². The minimum absolute atomic E-state index is 0.0471. The molecule has 202 valence electrons. The van der Waals surface area contributed by atoms with Gasteiger partial charge in [0.15, 0.2) is 17.4 Å². The Morgan fingerprint density at radius 2 is 2.18 bits per heavy atom. The van der Waals surface area contributed by atoms with Crippen LogP contribution in [0.4, 0.5) is 10.9 Å². The molecule has 16 nitrogen and oxygen atoms in total. The van der Waals surface area contributed by atoms with E-state index in [1.807, 2.05) is 0 Å². The van der Waals surface area contributed by atoms with E-state index in [1.54, 1.807) is 29.1 Å². The molecule has 3 aromatic rings. The molecule has 0 spiro atoms. The smallest absolute Gasteiger partial charge is 0.352 e. The minimum atomic E-state index is -1.25. The van der Waals surface area contributed by atoms with Gasteiger partial charge >= 0.3 is 11.6 Å². The molecule has 0 bridgehead atoms. The number of imidazole rings is 1. The van der Waals surface area contributed by atoms with Gasteiger partial charge in [-0.1, -0.05) is 14.8 Å². The zero-order valence-electron chi connectivity index (χ0n) is 20.0. The Labute approximate surface area is 227 Å². The lowest BCUT2D eigenvalue weighted by Gasteiger charge is -2.49. The molecule has 39 heavy (non-hydrogen) atoms. The summed E-state index contributed by atoms with van der Waals surface area (Å²) in [6, 6.07) is 2.55. The summed E-state index contributed by atoms with van der Waals surface area (Å²) in [6.07, 6.45) is 2.93. The molecule has 6 heterocycles. The molecular formula is C21H21N10O6S2+. The first-order valence-corrected chi connectivity index (χ1v) is 13.4. The molecule has 2 fully saturated rings. The van der Waals surface area contributed by atoms with Crippen molar-refractivity contribution in [1.29, 1.82) is 0 Å². The highest BCUT2D eigenvalue weighted by atomic mass is 32.2. The Balaban J connectivity index is 1.22. The van der Waals surface area contributed by atoms with Crippen LogP contribution in [0.15, 0.2) is 41.0 Å². The van der Waals surface area contributed by atoms with Crippen LogP contribution in [0, 0.1) is 0 Å².